The Morgan fingerprint density at radius 1 is 1.53 bits per heavy atom. The Kier molecular flexibility index (Phi) is 2.44. The Hall–Kier alpha value is -1.43. The standard InChI is InChI=1S/C9H13N5S/c1-4-14-8(10-11-9(14)15)7-5-6(2)12-13(7)3/h5H,4H2,1-3H3,(H,11,15). The number of aryl methyl sites for hydroxylation is 2. The first-order chi connectivity index (χ1) is 7.13. The molecule has 0 amide bonds. The summed E-state index contributed by atoms with van der Waals surface area (Å²) < 4.78 is 4.41. The minimum Gasteiger partial charge on any atom is -0.299 e. The Morgan fingerprint density at radius 3 is 2.80 bits per heavy atom. The molecule has 0 spiro atoms. The number of nitrogens with zero attached hydrogens (tertiary/aromatic N) is 4. The third-order valence-corrected chi connectivity index (χ3v) is 2.62. The lowest BCUT2D eigenvalue weighted by atomic mass is 10.3. The molecule has 0 saturated heterocycles. The van der Waals surface area contributed by atoms with Crippen LogP contribution in [0.4, 0.5) is 0 Å². The van der Waals surface area contributed by atoms with Gasteiger partial charge in [-0.15, -0.1) is 0 Å². The van der Waals surface area contributed by atoms with E-state index in [0.717, 1.165) is 23.8 Å². The van der Waals surface area contributed by atoms with Gasteiger partial charge in [0.05, 0.1) is 5.69 Å². The minimum atomic E-state index is 0.645. The van der Waals surface area contributed by atoms with E-state index in [0.29, 0.717) is 4.77 Å². The molecule has 5 nitrogen and oxygen atoms in total. The predicted octanol–water partition coefficient (Wildman–Crippen LogP) is 1.67. The molecule has 0 saturated carbocycles. The molecule has 15 heavy (non-hydrogen) atoms. The molecule has 0 unspecified atom stereocenters. The SMILES string of the molecule is CCn1c(-c2cc(C)nn2C)n[nH]c1=S. The van der Waals surface area contributed by atoms with Gasteiger partial charge in [-0.1, -0.05) is 0 Å². The summed E-state index contributed by atoms with van der Waals surface area (Å²) in [5.74, 6) is 0.839. The highest BCUT2D eigenvalue weighted by molar-refractivity contribution is 7.71. The maximum Gasteiger partial charge on any atom is 0.195 e. The predicted molar refractivity (Wildman–Crippen MR) is 60.0 cm³/mol. The molecule has 0 radical (unpaired) electrons. The first kappa shape index (κ1) is 10.1. The zero-order chi connectivity index (χ0) is 11.0. The lowest BCUT2D eigenvalue weighted by Gasteiger charge is -2.02. The maximum atomic E-state index is 5.14. The quantitative estimate of drug-likeness (QED) is 0.788. The van der Waals surface area contributed by atoms with Crippen LogP contribution >= 0.6 is 12.2 Å². The van der Waals surface area contributed by atoms with Gasteiger partial charge in [0, 0.05) is 13.6 Å². The highest BCUT2D eigenvalue weighted by Crippen LogP contribution is 2.17. The van der Waals surface area contributed by atoms with Crippen LogP contribution in [0.15, 0.2) is 6.07 Å². The van der Waals surface area contributed by atoms with E-state index in [1.165, 1.54) is 0 Å². The lowest BCUT2D eigenvalue weighted by molar-refractivity contribution is 0.723. The fourth-order valence-electron chi connectivity index (χ4n) is 1.63. The fraction of sp³-hybridized carbons (Fsp3) is 0.444. The average Bonchev–Trinajstić information content (AvgIpc) is 2.69. The van der Waals surface area contributed by atoms with Gasteiger partial charge >= 0.3 is 0 Å². The molecule has 0 aromatic carbocycles. The Labute approximate surface area is 92.7 Å². The van der Waals surface area contributed by atoms with Crippen molar-refractivity contribution in [2.24, 2.45) is 7.05 Å². The van der Waals surface area contributed by atoms with E-state index < -0.39 is 0 Å². The van der Waals surface area contributed by atoms with Crippen LogP contribution in [0.2, 0.25) is 0 Å². The van der Waals surface area contributed by atoms with Gasteiger partial charge in [-0.25, -0.2) is 0 Å². The van der Waals surface area contributed by atoms with Crippen LogP contribution in [0, 0.1) is 11.7 Å². The highest BCUT2D eigenvalue weighted by Gasteiger charge is 2.11. The first-order valence-corrected chi connectivity index (χ1v) is 5.20. The summed E-state index contributed by atoms with van der Waals surface area (Å²) in [7, 11) is 1.90. The van der Waals surface area contributed by atoms with E-state index in [1.807, 2.05) is 36.2 Å². The largest absolute Gasteiger partial charge is 0.299 e. The Morgan fingerprint density at radius 2 is 2.27 bits per heavy atom. The summed E-state index contributed by atoms with van der Waals surface area (Å²) in [6, 6.07) is 2.00. The van der Waals surface area contributed by atoms with Crippen molar-refractivity contribution < 1.29 is 0 Å². The monoisotopic (exact) mass is 223 g/mol. The molecule has 1 N–H and O–H groups in total. The zero-order valence-electron chi connectivity index (χ0n) is 8.98. The summed E-state index contributed by atoms with van der Waals surface area (Å²) in [4.78, 5) is 0. The molecule has 0 aliphatic rings. The molecule has 2 rings (SSSR count). The lowest BCUT2D eigenvalue weighted by Crippen LogP contribution is -2.02. The van der Waals surface area contributed by atoms with Crippen molar-refractivity contribution in [3.8, 4) is 11.5 Å². The van der Waals surface area contributed by atoms with Crippen molar-refractivity contribution in [1.29, 1.82) is 0 Å². The smallest absolute Gasteiger partial charge is 0.195 e. The molecule has 0 aliphatic heterocycles. The number of hydrogen-bond donors (Lipinski definition) is 1. The topological polar surface area (TPSA) is 51.4 Å². The zero-order valence-corrected chi connectivity index (χ0v) is 9.80. The van der Waals surface area contributed by atoms with E-state index >= 15 is 0 Å². The van der Waals surface area contributed by atoms with Crippen molar-refractivity contribution in [3.63, 3.8) is 0 Å². The summed E-state index contributed by atoms with van der Waals surface area (Å²) >= 11 is 5.14. The number of H-pyrrole nitrogens is 1. The van der Waals surface area contributed by atoms with E-state index in [9.17, 15) is 0 Å². The molecule has 6 heteroatoms. The van der Waals surface area contributed by atoms with E-state index in [-0.39, 0.29) is 0 Å². The summed E-state index contributed by atoms with van der Waals surface area (Å²) in [5, 5.41) is 11.3. The molecule has 80 valence electrons. The van der Waals surface area contributed by atoms with E-state index in [4.69, 9.17) is 12.2 Å². The Balaban J connectivity index is 2.63. The molecular formula is C9H13N5S. The van der Waals surface area contributed by atoms with E-state index in [1.54, 1.807) is 0 Å². The van der Waals surface area contributed by atoms with Gasteiger partial charge in [0.25, 0.3) is 0 Å². The van der Waals surface area contributed by atoms with Gasteiger partial charge in [0.1, 0.15) is 5.69 Å². The van der Waals surface area contributed by atoms with Gasteiger partial charge in [0.2, 0.25) is 0 Å². The van der Waals surface area contributed by atoms with Crippen molar-refractivity contribution in [2.45, 2.75) is 20.4 Å². The molecule has 0 fully saturated rings. The van der Waals surface area contributed by atoms with Crippen LogP contribution < -0.4 is 0 Å². The molecule has 0 aliphatic carbocycles. The molecule has 0 bridgehead atoms. The molecule has 2 heterocycles. The van der Waals surface area contributed by atoms with Crippen molar-refractivity contribution in [3.05, 3.63) is 16.5 Å². The van der Waals surface area contributed by atoms with Crippen LogP contribution in [0.1, 0.15) is 12.6 Å². The third kappa shape index (κ3) is 1.61. The van der Waals surface area contributed by atoms with Gasteiger partial charge in [0.15, 0.2) is 10.6 Å². The van der Waals surface area contributed by atoms with Crippen molar-refractivity contribution >= 4 is 12.2 Å². The molecule has 2 aromatic rings. The number of nitrogens with one attached hydrogen (secondary N) is 1. The van der Waals surface area contributed by atoms with Crippen LogP contribution in [0.3, 0.4) is 0 Å². The minimum absolute atomic E-state index is 0.645. The molecule has 2 aromatic heterocycles. The fourth-order valence-corrected chi connectivity index (χ4v) is 1.89. The molecular weight excluding hydrogens is 210 g/mol. The van der Waals surface area contributed by atoms with Crippen LogP contribution in [-0.4, -0.2) is 24.5 Å². The number of rotatable bonds is 2. The summed E-state index contributed by atoms with van der Waals surface area (Å²) in [5.41, 5.74) is 1.95. The van der Waals surface area contributed by atoms with Gasteiger partial charge in [-0.3, -0.25) is 14.3 Å². The normalized spacial score (nSPS) is 10.9. The van der Waals surface area contributed by atoms with Gasteiger partial charge < -0.3 is 0 Å². The maximum absolute atomic E-state index is 5.14. The van der Waals surface area contributed by atoms with Gasteiger partial charge in [-0.2, -0.15) is 10.2 Å². The van der Waals surface area contributed by atoms with Crippen LogP contribution in [-0.2, 0) is 13.6 Å². The van der Waals surface area contributed by atoms with E-state index in [2.05, 4.69) is 15.3 Å². The number of aromatic nitrogens is 5. The van der Waals surface area contributed by atoms with Crippen molar-refractivity contribution in [1.82, 2.24) is 24.5 Å². The van der Waals surface area contributed by atoms with Gasteiger partial charge in [-0.05, 0) is 32.1 Å². The van der Waals surface area contributed by atoms with Crippen LogP contribution in [0.5, 0.6) is 0 Å². The second-order valence-corrected chi connectivity index (χ2v) is 3.78. The number of aromatic amines is 1. The second kappa shape index (κ2) is 3.62. The average molecular weight is 223 g/mol. The summed E-state index contributed by atoms with van der Waals surface area (Å²) in [6.07, 6.45) is 0. The van der Waals surface area contributed by atoms with Crippen LogP contribution in [0.25, 0.3) is 11.5 Å². The van der Waals surface area contributed by atoms with Crippen molar-refractivity contribution in [2.75, 3.05) is 0 Å². The number of hydrogen-bond acceptors (Lipinski definition) is 3. The first-order valence-electron chi connectivity index (χ1n) is 4.79. The molecule has 0 atom stereocenters. The highest BCUT2D eigenvalue weighted by atomic mass is 32.1. The third-order valence-electron chi connectivity index (χ3n) is 2.31. The second-order valence-electron chi connectivity index (χ2n) is 3.39. The summed E-state index contributed by atoms with van der Waals surface area (Å²) in [6.45, 7) is 4.80. The Bertz CT molecular complexity index is 533.